The molecule has 98 valence electrons. The zero-order chi connectivity index (χ0) is 13.0. The fraction of sp³-hybridized carbons (Fsp3) is 0.636. The van der Waals surface area contributed by atoms with E-state index >= 15 is 0 Å². The molecule has 0 aliphatic carbocycles. The van der Waals surface area contributed by atoms with E-state index < -0.39 is 5.69 Å². The molecular weight excluding hydrogens is 236 g/mol. The SMILES string of the molecule is CCOC(=O)[C@H]1CCCN(c2cn[nH]c(=O)n2)C1. The van der Waals surface area contributed by atoms with Gasteiger partial charge in [-0.15, -0.1) is 0 Å². The van der Waals surface area contributed by atoms with E-state index in [2.05, 4.69) is 15.2 Å². The average molecular weight is 252 g/mol. The quantitative estimate of drug-likeness (QED) is 0.758. The van der Waals surface area contributed by atoms with Crippen LogP contribution >= 0.6 is 0 Å². The van der Waals surface area contributed by atoms with Crippen molar-refractivity contribution in [2.45, 2.75) is 19.8 Å². The Bertz CT molecular complexity index is 473. The third-order valence-corrected chi connectivity index (χ3v) is 2.92. The fourth-order valence-electron chi connectivity index (χ4n) is 2.09. The fourth-order valence-corrected chi connectivity index (χ4v) is 2.09. The van der Waals surface area contributed by atoms with Crippen LogP contribution in [0.2, 0.25) is 0 Å². The van der Waals surface area contributed by atoms with E-state index in [-0.39, 0.29) is 11.9 Å². The van der Waals surface area contributed by atoms with Crippen molar-refractivity contribution in [1.29, 1.82) is 0 Å². The molecule has 7 nitrogen and oxygen atoms in total. The van der Waals surface area contributed by atoms with E-state index in [0.717, 1.165) is 19.4 Å². The lowest BCUT2D eigenvalue weighted by Crippen LogP contribution is -2.40. The van der Waals surface area contributed by atoms with Crippen LogP contribution in [0.15, 0.2) is 11.0 Å². The number of piperidine rings is 1. The summed E-state index contributed by atoms with van der Waals surface area (Å²) in [5.41, 5.74) is -0.481. The van der Waals surface area contributed by atoms with Crippen molar-refractivity contribution in [3.63, 3.8) is 0 Å². The van der Waals surface area contributed by atoms with Gasteiger partial charge < -0.3 is 9.64 Å². The van der Waals surface area contributed by atoms with E-state index in [9.17, 15) is 9.59 Å². The number of hydrogen-bond acceptors (Lipinski definition) is 6. The minimum absolute atomic E-state index is 0.153. The Kier molecular flexibility index (Phi) is 3.91. The van der Waals surface area contributed by atoms with Gasteiger partial charge in [0.05, 0.1) is 18.7 Å². The van der Waals surface area contributed by atoms with Crippen LogP contribution in [0.4, 0.5) is 5.82 Å². The van der Waals surface area contributed by atoms with Gasteiger partial charge >= 0.3 is 11.7 Å². The summed E-state index contributed by atoms with van der Waals surface area (Å²) < 4.78 is 5.02. The second kappa shape index (κ2) is 5.61. The minimum atomic E-state index is -0.481. The number of esters is 1. The molecule has 0 unspecified atom stereocenters. The standard InChI is InChI=1S/C11H16N4O3/c1-2-18-10(16)8-4-3-5-15(7-8)9-6-12-14-11(17)13-9/h6,8H,2-5,7H2,1H3,(H,13,14,17)/t8-/m0/s1. The summed E-state index contributed by atoms with van der Waals surface area (Å²) >= 11 is 0. The maximum absolute atomic E-state index is 11.7. The molecule has 0 aromatic carbocycles. The molecule has 1 aliphatic rings. The molecule has 2 rings (SSSR count). The van der Waals surface area contributed by atoms with Crippen LogP contribution in [0.5, 0.6) is 0 Å². The predicted molar refractivity (Wildman–Crippen MR) is 64.2 cm³/mol. The molecule has 1 N–H and O–H groups in total. The summed E-state index contributed by atoms with van der Waals surface area (Å²) in [5, 5.41) is 5.94. The topological polar surface area (TPSA) is 88.2 Å². The molecule has 0 saturated carbocycles. The number of aromatic amines is 1. The average Bonchev–Trinajstić information content (AvgIpc) is 2.39. The first-order chi connectivity index (χ1) is 8.70. The van der Waals surface area contributed by atoms with Gasteiger partial charge in [0.15, 0.2) is 5.82 Å². The lowest BCUT2D eigenvalue weighted by atomic mass is 9.98. The largest absolute Gasteiger partial charge is 0.466 e. The molecule has 0 spiro atoms. The van der Waals surface area contributed by atoms with Crippen LogP contribution in [-0.4, -0.2) is 40.8 Å². The first kappa shape index (κ1) is 12.5. The van der Waals surface area contributed by atoms with Gasteiger partial charge in [0, 0.05) is 13.1 Å². The van der Waals surface area contributed by atoms with Gasteiger partial charge in [0.2, 0.25) is 0 Å². The number of rotatable bonds is 3. The minimum Gasteiger partial charge on any atom is -0.466 e. The Morgan fingerprint density at radius 3 is 3.22 bits per heavy atom. The highest BCUT2D eigenvalue weighted by molar-refractivity contribution is 5.73. The Morgan fingerprint density at radius 2 is 2.50 bits per heavy atom. The number of nitrogens with zero attached hydrogens (tertiary/aromatic N) is 3. The van der Waals surface area contributed by atoms with Gasteiger partial charge in [-0.05, 0) is 19.8 Å². The zero-order valence-electron chi connectivity index (χ0n) is 10.3. The third kappa shape index (κ3) is 2.85. The number of hydrogen-bond donors (Lipinski definition) is 1. The highest BCUT2D eigenvalue weighted by Gasteiger charge is 2.27. The second-order valence-electron chi connectivity index (χ2n) is 4.18. The Hall–Kier alpha value is -1.92. The van der Waals surface area contributed by atoms with E-state index in [4.69, 9.17) is 4.74 Å². The van der Waals surface area contributed by atoms with Crippen molar-refractivity contribution in [2.75, 3.05) is 24.6 Å². The summed E-state index contributed by atoms with van der Waals surface area (Å²) in [4.78, 5) is 28.5. The van der Waals surface area contributed by atoms with Crippen LogP contribution in [-0.2, 0) is 9.53 Å². The molecule has 0 bridgehead atoms. The summed E-state index contributed by atoms with van der Waals surface area (Å²) in [6.07, 6.45) is 3.18. The summed E-state index contributed by atoms with van der Waals surface area (Å²) in [7, 11) is 0. The third-order valence-electron chi connectivity index (χ3n) is 2.92. The van der Waals surface area contributed by atoms with E-state index in [1.54, 1.807) is 6.92 Å². The molecule has 7 heteroatoms. The number of nitrogens with one attached hydrogen (secondary N) is 1. The predicted octanol–water partition coefficient (Wildman–Crippen LogP) is -0.0556. The van der Waals surface area contributed by atoms with Gasteiger partial charge in [-0.3, -0.25) is 4.79 Å². The smallest absolute Gasteiger partial charge is 0.363 e. The Labute approximate surface area is 104 Å². The van der Waals surface area contributed by atoms with Crippen LogP contribution in [0.25, 0.3) is 0 Å². The van der Waals surface area contributed by atoms with Gasteiger partial charge in [0.1, 0.15) is 0 Å². The molecule has 1 aromatic heterocycles. The van der Waals surface area contributed by atoms with Gasteiger partial charge in [-0.2, -0.15) is 10.1 Å². The normalized spacial score (nSPS) is 19.6. The van der Waals surface area contributed by atoms with Crippen molar-refractivity contribution in [1.82, 2.24) is 15.2 Å². The van der Waals surface area contributed by atoms with Gasteiger partial charge in [-0.25, -0.2) is 9.89 Å². The molecule has 1 aromatic rings. The first-order valence-corrected chi connectivity index (χ1v) is 6.04. The number of aromatic nitrogens is 3. The molecule has 2 heterocycles. The van der Waals surface area contributed by atoms with Crippen molar-refractivity contribution >= 4 is 11.8 Å². The van der Waals surface area contributed by atoms with Crippen LogP contribution in [0.3, 0.4) is 0 Å². The molecule has 1 atom stereocenters. The maximum atomic E-state index is 11.7. The van der Waals surface area contributed by atoms with Crippen molar-refractivity contribution in [3.05, 3.63) is 16.7 Å². The summed E-state index contributed by atoms with van der Waals surface area (Å²) in [6, 6.07) is 0. The Balaban J connectivity index is 2.07. The monoisotopic (exact) mass is 252 g/mol. The molecule has 1 fully saturated rings. The number of anilines is 1. The van der Waals surface area contributed by atoms with Crippen molar-refractivity contribution < 1.29 is 9.53 Å². The van der Waals surface area contributed by atoms with Gasteiger partial charge in [-0.1, -0.05) is 0 Å². The zero-order valence-corrected chi connectivity index (χ0v) is 10.3. The molecule has 1 saturated heterocycles. The maximum Gasteiger partial charge on any atom is 0.363 e. The molecule has 1 aliphatic heterocycles. The van der Waals surface area contributed by atoms with Crippen LogP contribution < -0.4 is 10.6 Å². The lowest BCUT2D eigenvalue weighted by molar-refractivity contribution is -0.148. The lowest BCUT2D eigenvalue weighted by Gasteiger charge is -2.31. The number of ether oxygens (including phenoxy) is 1. The van der Waals surface area contributed by atoms with E-state index in [1.165, 1.54) is 6.20 Å². The number of carbonyl (C=O) groups is 1. The first-order valence-electron chi connectivity index (χ1n) is 6.04. The van der Waals surface area contributed by atoms with Crippen molar-refractivity contribution in [3.8, 4) is 0 Å². The molecule has 0 amide bonds. The Morgan fingerprint density at radius 1 is 1.67 bits per heavy atom. The van der Waals surface area contributed by atoms with Crippen LogP contribution in [0, 0.1) is 5.92 Å². The molecular formula is C11H16N4O3. The molecule has 18 heavy (non-hydrogen) atoms. The highest BCUT2D eigenvalue weighted by atomic mass is 16.5. The second-order valence-corrected chi connectivity index (χ2v) is 4.18. The van der Waals surface area contributed by atoms with Crippen molar-refractivity contribution in [2.24, 2.45) is 5.92 Å². The number of carbonyl (C=O) groups excluding carboxylic acids is 1. The van der Waals surface area contributed by atoms with E-state index in [0.29, 0.717) is 19.0 Å². The van der Waals surface area contributed by atoms with Gasteiger partial charge in [0.25, 0.3) is 0 Å². The number of H-pyrrole nitrogens is 1. The van der Waals surface area contributed by atoms with E-state index in [1.807, 2.05) is 4.90 Å². The summed E-state index contributed by atoms with van der Waals surface area (Å²) in [6.45, 7) is 3.48. The summed E-state index contributed by atoms with van der Waals surface area (Å²) in [5.74, 6) is 0.174. The van der Waals surface area contributed by atoms with Crippen LogP contribution in [0.1, 0.15) is 19.8 Å². The molecule has 0 radical (unpaired) electrons. The highest BCUT2D eigenvalue weighted by Crippen LogP contribution is 2.21.